The third kappa shape index (κ3) is 4.68. The number of urea groups is 1. The zero-order chi connectivity index (χ0) is 25.2. The van der Waals surface area contributed by atoms with Gasteiger partial charge in [0, 0.05) is 36.5 Å². The molecule has 0 saturated heterocycles. The van der Waals surface area contributed by atoms with Gasteiger partial charge in [0.15, 0.2) is 17.1 Å². The van der Waals surface area contributed by atoms with E-state index in [-0.39, 0.29) is 24.3 Å². The second kappa shape index (κ2) is 9.73. The molecule has 0 spiro atoms. The minimum atomic E-state index is -1.20. The Kier molecular flexibility index (Phi) is 6.72. The van der Waals surface area contributed by atoms with Crippen LogP contribution in [0.25, 0.3) is 16.8 Å². The van der Waals surface area contributed by atoms with E-state index in [9.17, 15) is 14.0 Å². The first-order valence-electron chi connectivity index (χ1n) is 11.2. The normalized spacial score (nSPS) is 15.7. The number of carbonyl (C=O) groups is 2. The number of nitrogens with one attached hydrogen (secondary N) is 2. The van der Waals surface area contributed by atoms with Crippen LogP contribution < -0.4 is 15.4 Å². The largest absolute Gasteiger partial charge is 0.494 e. The number of benzene rings is 1. The Balaban J connectivity index is 1.76. The lowest BCUT2D eigenvalue weighted by atomic mass is 9.97. The Morgan fingerprint density at radius 3 is 2.86 bits per heavy atom. The van der Waals surface area contributed by atoms with Crippen molar-refractivity contribution in [3.63, 3.8) is 0 Å². The van der Waals surface area contributed by atoms with E-state index in [2.05, 4.69) is 15.6 Å². The first-order valence-corrected chi connectivity index (χ1v) is 11.2. The van der Waals surface area contributed by atoms with Gasteiger partial charge in [-0.3, -0.25) is 10.1 Å². The minimum absolute atomic E-state index is 0.143. The Morgan fingerprint density at radius 2 is 2.14 bits per heavy atom. The van der Waals surface area contributed by atoms with Crippen molar-refractivity contribution in [3.8, 4) is 5.75 Å². The average Bonchev–Trinajstić information content (AvgIpc) is 3.39. The smallest absolute Gasteiger partial charge is 0.322 e. The highest BCUT2D eigenvalue weighted by molar-refractivity contribution is 5.85. The number of ether oxygens (including phenoxy) is 1. The number of unbranched alkanes of at least 4 members (excludes halogenated alkanes) is 1. The van der Waals surface area contributed by atoms with E-state index in [1.54, 1.807) is 19.1 Å². The van der Waals surface area contributed by atoms with Gasteiger partial charge in [-0.1, -0.05) is 25.5 Å². The van der Waals surface area contributed by atoms with Crippen molar-refractivity contribution in [1.82, 2.24) is 20.5 Å². The molecule has 2 N–H and O–H groups in total. The second-order valence-electron chi connectivity index (χ2n) is 8.55. The van der Waals surface area contributed by atoms with Gasteiger partial charge in [0.05, 0.1) is 13.3 Å². The number of allylic oxidation sites excluding steroid dienone is 1. The van der Waals surface area contributed by atoms with Crippen molar-refractivity contribution in [2.45, 2.75) is 38.8 Å². The lowest BCUT2D eigenvalue weighted by Gasteiger charge is -2.34. The van der Waals surface area contributed by atoms with Gasteiger partial charge in [-0.2, -0.15) is 0 Å². The number of nitrogens with zero attached hydrogens (tertiary/aromatic N) is 2. The molecule has 0 radical (unpaired) electrons. The molecule has 3 aromatic rings. The van der Waals surface area contributed by atoms with Crippen LogP contribution in [0.3, 0.4) is 0 Å². The lowest BCUT2D eigenvalue weighted by molar-refractivity contribution is -0.108. The van der Waals surface area contributed by atoms with E-state index >= 15 is 4.39 Å². The predicted octanol–water partition coefficient (Wildman–Crippen LogP) is 4.44. The van der Waals surface area contributed by atoms with Crippen LogP contribution >= 0.6 is 0 Å². The van der Waals surface area contributed by atoms with Crippen LogP contribution in [0.1, 0.15) is 43.6 Å². The minimum Gasteiger partial charge on any atom is -0.494 e. The van der Waals surface area contributed by atoms with Crippen LogP contribution in [-0.4, -0.2) is 36.0 Å². The van der Waals surface area contributed by atoms with Crippen molar-refractivity contribution in [3.05, 3.63) is 65.1 Å². The van der Waals surface area contributed by atoms with Crippen molar-refractivity contribution < 1.29 is 27.5 Å². The number of halogens is 2. The molecule has 0 fully saturated rings. The summed E-state index contributed by atoms with van der Waals surface area (Å²) in [7, 11) is 1.41. The number of carbonyl (C=O) groups excluding carboxylic acids is 2. The molecule has 1 atom stereocenters. The molecule has 35 heavy (non-hydrogen) atoms. The number of hydrogen-bond acceptors (Lipinski definition) is 6. The summed E-state index contributed by atoms with van der Waals surface area (Å²) in [6.45, 7) is 4.27. The highest BCUT2D eigenvalue weighted by atomic mass is 19.1. The number of pyridine rings is 1. The Morgan fingerprint density at radius 1 is 1.34 bits per heavy atom. The van der Waals surface area contributed by atoms with Gasteiger partial charge in [-0.05, 0) is 25.0 Å². The summed E-state index contributed by atoms with van der Waals surface area (Å²) in [5.74, 6) is -0.567. The van der Waals surface area contributed by atoms with E-state index in [0.29, 0.717) is 35.5 Å². The number of imide groups is 1. The van der Waals surface area contributed by atoms with Crippen molar-refractivity contribution in [2.24, 2.45) is 0 Å². The molecule has 0 unspecified atom stereocenters. The first-order chi connectivity index (χ1) is 16.8. The van der Waals surface area contributed by atoms with Crippen molar-refractivity contribution in [1.29, 1.82) is 0 Å². The quantitative estimate of drug-likeness (QED) is 0.459. The number of furan rings is 1. The molecule has 0 saturated carbocycles. The third-order valence-electron chi connectivity index (χ3n) is 5.96. The maximum atomic E-state index is 15.3. The van der Waals surface area contributed by atoms with Gasteiger partial charge in [0.1, 0.15) is 22.6 Å². The average molecular weight is 485 g/mol. The maximum absolute atomic E-state index is 15.3. The molecule has 1 aromatic carbocycles. The zero-order valence-electron chi connectivity index (χ0n) is 19.7. The monoisotopic (exact) mass is 484 g/mol. The van der Waals surface area contributed by atoms with E-state index in [1.807, 2.05) is 24.0 Å². The van der Waals surface area contributed by atoms with Crippen LogP contribution in [-0.2, 0) is 16.9 Å². The van der Waals surface area contributed by atoms with Gasteiger partial charge < -0.3 is 19.4 Å². The van der Waals surface area contributed by atoms with Crippen LogP contribution in [0, 0.1) is 11.6 Å². The summed E-state index contributed by atoms with van der Waals surface area (Å²) in [6, 6.07) is 5.47. The molecule has 0 bridgehead atoms. The molecule has 4 rings (SSSR count). The van der Waals surface area contributed by atoms with Gasteiger partial charge >= 0.3 is 6.03 Å². The fraction of sp³-hybridized carbons (Fsp3) is 0.320. The molecule has 184 valence electrons. The maximum Gasteiger partial charge on any atom is 0.322 e. The van der Waals surface area contributed by atoms with E-state index < -0.39 is 23.2 Å². The molecule has 3 heterocycles. The number of fused-ring (bicyclic) bond motifs is 2. The number of hydrogen-bond donors (Lipinski definition) is 2. The second-order valence-corrected chi connectivity index (χ2v) is 8.55. The van der Waals surface area contributed by atoms with Gasteiger partial charge in [0.25, 0.3) is 0 Å². The summed E-state index contributed by atoms with van der Waals surface area (Å²) >= 11 is 0. The fourth-order valence-corrected chi connectivity index (χ4v) is 4.33. The molecular weight excluding hydrogens is 458 g/mol. The highest BCUT2D eigenvalue weighted by Gasteiger charge is 2.39. The third-order valence-corrected chi connectivity index (χ3v) is 5.96. The standard InChI is InChI=1S/C25H26F2N4O4/c1-4-5-6-18-22-15(7-8-19(34-3)23(22)27)12-31(18)13-25(2,30-24(33)29-14-32)21-10-17-20(35-21)9-16(26)11-28-17/h6-11,14H,4-5,12-13H2,1-3H3,(H2,29,30,32,33)/b18-6+/t25-/m0/s1. The summed E-state index contributed by atoms with van der Waals surface area (Å²) in [5, 5.41) is 4.84. The van der Waals surface area contributed by atoms with Gasteiger partial charge in [-0.15, -0.1) is 0 Å². The van der Waals surface area contributed by atoms with E-state index in [4.69, 9.17) is 9.15 Å². The van der Waals surface area contributed by atoms with Gasteiger partial charge in [0.2, 0.25) is 6.41 Å². The SMILES string of the molecule is CCC/C=C1\c2c(ccc(OC)c2F)CN1C[C@](C)(NC(=O)NC=O)c1cc2ncc(F)cc2o1. The predicted molar refractivity (Wildman–Crippen MR) is 125 cm³/mol. The Bertz CT molecular complexity index is 1310. The lowest BCUT2D eigenvalue weighted by Crippen LogP contribution is -2.52. The number of amides is 3. The molecular formula is C25H26F2N4O4. The van der Waals surface area contributed by atoms with Crippen LogP contribution in [0.15, 0.2) is 41.0 Å². The number of aromatic nitrogens is 1. The molecule has 1 aliphatic rings. The van der Waals surface area contributed by atoms with Crippen molar-refractivity contribution in [2.75, 3.05) is 13.7 Å². The highest BCUT2D eigenvalue weighted by Crippen LogP contribution is 2.40. The summed E-state index contributed by atoms with van der Waals surface area (Å²) in [6.07, 6.45) is 4.87. The number of methoxy groups -OCH3 is 1. The van der Waals surface area contributed by atoms with E-state index in [0.717, 1.165) is 18.2 Å². The summed E-state index contributed by atoms with van der Waals surface area (Å²) in [4.78, 5) is 29.2. The number of rotatable bonds is 8. The van der Waals surface area contributed by atoms with Gasteiger partial charge in [-0.25, -0.2) is 18.6 Å². The zero-order valence-corrected chi connectivity index (χ0v) is 19.7. The van der Waals surface area contributed by atoms with E-state index in [1.165, 1.54) is 13.2 Å². The Hall–Kier alpha value is -3.95. The molecule has 3 amide bonds. The topological polar surface area (TPSA) is 96.7 Å². The Labute approximate surface area is 200 Å². The molecule has 1 aliphatic heterocycles. The van der Waals surface area contributed by atoms with Crippen LogP contribution in [0.5, 0.6) is 5.75 Å². The van der Waals surface area contributed by atoms with Crippen LogP contribution in [0.2, 0.25) is 0 Å². The summed E-state index contributed by atoms with van der Waals surface area (Å²) in [5.41, 5.74) is 1.32. The fourth-order valence-electron chi connectivity index (χ4n) is 4.33. The molecule has 10 heteroatoms. The van der Waals surface area contributed by atoms with Crippen molar-refractivity contribution >= 4 is 29.2 Å². The molecule has 8 nitrogen and oxygen atoms in total. The van der Waals surface area contributed by atoms with Crippen LogP contribution in [0.4, 0.5) is 13.6 Å². The molecule has 2 aromatic heterocycles. The summed E-state index contributed by atoms with van der Waals surface area (Å²) < 4.78 is 40.1. The first kappa shape index (κ1) is 24.2. The molecule has 0 aliphatic carbocycles.